The highest BCUT2D eigenvalue weighted by molar-refractivity contribution is 5.98. The summed E-state index contributed by atoms with van der Waals surface area (Å²) in [5.41, 5.74) is 1.17. The number of nitrogens with zero attached hydrogens (tertiary/aromatic N) is 2. The first kappa shape index (κ1) is 17.8. The maximum absolute atomic E-state index is 11.9. The highest BCUT2D eigenvalue weighted by atomic mass is 16.2. The van der Waals surface area contributed by atoms with E-state index in [2.05, 4.69) is 5.32 Å². The first-order valence-electron chi connectivity index (χ1n) is 7.11. The number of ketones is 1. The topological polar surface area (TPSA) is 69.7 Å². The van der Waals surface area contributed by atoms with Crippen molar-refractivity contribution in [2.24, 2.45) is 0 Å². The van der Waals surface area contributed by atoms with Crippen molar-refractivity contribution in [2.75, 3.05) is 38.6 Å². The average Bonchev–Trinajstić information content (AvgIpc) is 2.44. The van der Waals surface area contributed by atoms with Crippen LogP contribution in [0.4, 0.5) is 5.69 Å². The van der Waals surface area contributed by atoms with Gasteiger partial charge in [0.05, 0.1) is 0 Å². The molecule has 1 N–H and O–H groups in total. The number of carbonyl (C=O) groups excluding carboxylic acids is 3. The van der Waals surface area contributed by atoms with E-state index in [0.717, 1.165) is 6.54 Å². The van der Waals surface area contributed by atoms with Crippen molar-refractivity contribution >= 4 is 23.3 Å². The largest absolute Gasteiger partial charge is 0.353 e. The van der Waals surface area contributed by atoms with Gasteiger partial charge in [-0.15, -0.1) is 0 Å². The van der Waals surface area contributed by atoms with Crippen LogP contribution in [0, 0.1) is 0 Å². The van der Waals surface area contributed by atoms with Crippen molar-refractivity contribution in [3.05, 3.63) is 29.8 Å². The highest BCUT2D eigenvalue weighted by Crippen LogP contribution is 2.15. The van der Waals surface area contributed by atoms with Crippen LogP contribution < -0.4 is 10.2 Å². The Morgan fingerprint density at radius 2 is 1.64 bits per heavy atom. The molecule has 1 rings (SSSR count). The molecule has 0 bridgehead atoms. The number of carbonyl (C=O) groups is 3. The number of amides is 2. The van der Waals surface area contributed by atoms with Gasteiger partial charge in [0.25, 0.3) is 0 Å². The van der Waals surface area contributed by atoms with Gasteiger partial charge in [-0.3, -0.25) is 14.4 Å². The quantitative estimate of drug-likeness (QED) is 0.761. The van der Waals surface area contributed by atoms with Crippen LogP contribution in [0.2, 0.25) is 0 Å². The number of hydrogen-bond acceptors (Lipinski definition) is 4. The molecule has 0 aliphatic carbocycles. The van der Waals surface area contributed by atoms with Crippen LogP contribution in [-0.4, -0.2) is 56.2 Å². The average molecular weight is 305 g/mol. The summed E-state index contributed by atoms with van der Waals surface area (Å²) in [6.07, 6.45) is 0. The maximum Gasteiger partial charge on any atom is 0.240 e. The fraction of sp³-hybridized carbons (Fsp3) is 0.438. The Labute approximate surface area is 131 Å². The van der Waals surface area contributed by atoms with Crippen LogP contribution in [-0.2, 0) is 9.59 Å². The van der Waals surface area contributed by atoms with E-state index in [0.29, 0.717) is 17.8 Å². The molecule has 6 heteroatoms. The van der Waals surface area contributed by atoms with Crippen LogP contribution >= 0.6 is 0 Å². The summed E-state index contributed by atoms with van der Waals surface area (Å²) in [7, 11) is 3.84. The summed E-state index contributed by atoms with van der Waals surface area (Å²) in [5.74, 6) is -0.478. The molecule has 6 nitrogen and oxygen atoms in total. The molecule has 0 unspecified atom stereocenters. The van der Waals surface area contributed by atoms with Crippen LogP contribution in [0.1, 0.15) is 24.2 Å². The zero-order valence-electron chi connectivity index (χ0n) is 13.5. The van der Waals surface area contributed by atoms with Gasteiger partial charge >= 0.3 is 0 Å². The lowest BCUT2D eigenvalue weighted by Gasteiger charge is -2.21. The van der Waals surface area contributed by atoms with E-state index in [9.17, 15) is 14.4 Å². The molecule has 0 saturated heterocycles. The second-order valence-corrected chi connectivity index (χ2v) is 5.36. The summed E-state index contributed by atoms with van der Waals surface area (Å²) in [6.45, 7) is 4.12. The lowest BCUT2D eigenvalue weighted by atomic mass is 10.1. The molecular weight excluding hydrogens is 282 g/mol. The Balaban J connectivity index is 2.71. The number of Topliss-reactive ketones (excluding diaryl/α,β-unsaturated/α-hetero) is 1. The fourth-order valence-electron chi connectivity index (χ4n) is 1.88. The third kappa shape index (κ3) is 5.65. The third-order valence-corrected chi connectivity index (χ3v) is 3.15. The Hall–Kier alpha value is -2.21. The number of likely N-dealkylation sites (N-methyl/N-ethyl adjacent to an activating group) is 1. The standard InChI is InChI=1S/C16H23N3O3/c1-12(20)14-5-7-15(8-6-14)19(13(2)21)11-16(22)17-9-10-18(3)4/h5-8H,9-11H2,1-4H3,(H,17,22). The van der Waals surface area contributed by atoms with Gasteiger partial charge < -0.3 is 15.1 Å². The van der Waals surface area contributed by atoms with Crippen LogP contribution in [0.5, 0.6) is 0 Å². The van der Waals surface area contributed by atoms with E-state index < -0.39 is 0 Å². The summed E-state index contributed by atoms with van der Waals surface area (Å²) >= 11 is 0. The highest BCUT2D eigenvalue weighted by Gasteiger charge is 2.15. The van der Waals surface area contributed by atoms with Gasteiger partial charge in [-0.1, -0.05) is 0 Å². The van der Waals surface area contributed by atoms with E-state index in [1.165, 1.54) is 18.7 Å². The Kier molecular flexibility index (Phi) is 6.72. The van der Waals surface area contributed by atoms with Gasteiger partial charge in [0.15, 0.2) is 5.78 Å². The first-order chi connectivity index (χ1) is 10.3. The van der Waals surface area contributed by atoms with Crippen molar-refractivity contribution in [1.82, 2.24) is 10.2 Å². The molecule has 0 aliphatic heterocycles. The van der Waals surface area contributed by atoms with E-state index in [-0.39, 0.29) is 24.1 Å². The number of nitrogens with one attached hydrogen (secondary N) is 1. The smallest absolute Gasteiger partial charge is 0.240 e. The molecule has 0 saturated carbocycles. The maximum atomic E-state index is 11.9. The summed E-state index contributed by atoms with van der Waals surface area (Å²) in [6, 6.07) is 6.64. The molecule has 22 heavy (non-hydrogen) atoms. The zero-order valence-corrected chi connectivity index (χ0v) is 13.5. The number of hydrogen-bond donors (Lipinski definition) is 1. The van der Waals surface area contributed by atoms with Crippen LogP contribution in [0.15, 0.2) is 24.3 Å². The molecule has 0 fully saturated rings. The van der Waals surface area contributed by atoms with Crippen molar-refractivity contribution < 1.29 is 14.4 Å². The lowest BCUT2D eigenvalue weighted by Crippen LogP contribution is -2.41. The molecule has 0 atom stereocenters. The van der Waals surface area contributed by atoms with E-state index >= 15 is 0 Å². The van der Waals surface area contributed by atoms with Gasteiger partial charge in [0.1, 0.15) is 6.54 Å². The van der Waals surface area contributed by atoms with Crippen molar-refractivity contribution in [1.29, 1.82) is 0 Å². The number of anilines is 1. The first-order valence-corrected chi connectivity index (χ1v) is 7.11. The van der Waals surface area contributed by atoms with E-state index in [1.54, 1.807) is 24.3 Å². The van der Waals surface area contributed by atoms with E-state index in [4.69, 9.17) is 0 Å². The molecular formula is C16H23N3O3. The summed E-state index contributed by atoms with van der Waals surface area (Å²) in [5, 5.41) is 2.77. The molecule has 0 radical (unpaired) electrons. The molecule has 0 spiro atoms. The molecule has 1 aromatic carbocycles. The van der Waals surface area contributed by atoms with Gasteiger partial charge in [-0.2, -0.15) is 0 Å². The van der Waals surface area contributed by atoms with Gasteiger partial charge in [-0.25, -0.2) is 0 Å². The van der Waals surface area contributed by atoms with E-state index in [1.807, 2.05) is 19.0 Å². The fourth-order valence-corrected chi connectivity index (χ4v) is 1.88. The summed E-state index contributed by atoms with van der Waals surface area (Å²) < 4.78 is 0. The van der Waals surface area contributed by atoms with Gasteiger partial charge in [-0.05, 0) is 45.3 Å². The van der Waals surface area contributed by atoms with Crippen molar-refractivity contribution in [3.8, 4) is 0 Å². The minimum absolute atomic E-state index is 0.0395. The lowest BCUT2D eigenvalue weighted by molar-refractivity contribution is -0.123. The summed E-state index contributed by atoms with van der Waals surface area (Å²) in [4.78, 5) is 38.3. The monoisotopic (exact) mass is 305 g/mol. The zero-order chi connectivity index (χ0) is 16.7. The molecule has 0 heterocycles. The van der Waals surface area contributed by atoms with Crippen LogP contribution in [0.3, 0.4) is 0 Å². The minimum Gasteiger partial charge on any atom is -0.353 e. The Bertz CT molecular complexity index is 538. The predicted octanol–water partition coefficient (Wildman–Crippen LogP) is 0.920. The Morgan fingerprint density at radius 3 is 2.09 bits per heavy atom. The minimum atomic E-state index is -0.224. The van der Waals surface area contributed by atoms with Crippen molar-refractivity contribution in [2.45, 2.75) is 13.8 Å². The molecule has 1 aromatic rings. The number of rotatable bonds is 7. The molecule has 0 aromatic heterocycles. The molecule has 120 valence electrons. The molecule has 2 amide bonds. The van der Waals surface area contributed by atoms with Gasteiger partial charge in [0, 0.05) is 31.3 Å². The Morgan fingerprint density at radius 1 is 1.05 bits per heavy atom. The predicted molar refractivity (Wildman–Crippen MR) is 86.0 cm³/mol. The third-order valence-electron chi connectivity index (χ3n) is 3.15. The van der Waals surface area contributed by atoms with Crippen molar-refractivity contribution in [3.63, 3.8) is 0 Å². The molecule has 0 aliphatic rings. The SMILES string of the molecule is CC(=O)c1ccc(N(CC(=O)NCCN(C)C)C(C)=O)cc1. The van der Waals surface area contributed by atoms with Gasteiger partial charge in [0.2, 0.25) is 11.8 Å². The second kappa shape index (κ2) is 8.29. The van der Waals surface area contributed by atoms with Crippen LogP contribution in [0.25, 0.3) is 0 Å². The normalized spacial score (nSPS) is 10.4. The second-order valence-electron chi connectivity index (χ2n) is 5.36. The number of benzene rings is 1.